The van der Waals surface area contributed by atoms with Gasteiger partial charge in [-0.05, 0) is 0 Å². The SMILES string of the molecule is Cl.NCc1cscn1. The lowest BCUT2D eigenvalue weighted by molar-refractivity contribution is 1.01. The van der Waals surface area contributed by atoms with Crippen molar-refractivity contribution < 1.29 is 0 Å². The van der Waals surface area contributed by atoms with Crippen LogP contribution in [0.2, 0.25) is 0 Å². The van der Waals surface area contributed by atoms with E-state index in [1.807, 2.05) is 5.38 Å². The van der Waals surface area contributed by atoms with Gasteiger partial charge >= 0.3 is 0 Å². The zero-order chi connectivity index (χ0) is 5.11. The van der Waals surface area contributed by atoms with E-state index in [4.69, 9.17) is 5.73 Å². The van der Waals surface area contributed by atoms with Crippen LogP contribution in [0.15, 0.2) is 10.9 Å². The molecule has 0 bridgehead atoms. The molecule has 2 nitrogen and oxygen atoms in total. The monoisotopic (exact) mass is 150 g/mol. The Labute approximate surface area is 58.1 Å². The minimum atomic E-state index is 0. The Morgan fingerprint density at radius 1 is 1.75 bits per heavy atom. The summed E-state index contributed by atoms with van der Waals surface area (Å²) in [5.74, 6) is 0. The standard InChI is InChI=1S/C4H6N2S.ClH/c5-1-4-2-7-3-6-4;/h2-3H,1,5H2;1H. The van der Waals surface area contributed by atoms with Crippen LogP contribution in [0, 0.1) is 0 Å². The van der Waals surface area contributed by atoms with E-state index < -0.39 is 0 Å². The number of hydrogen-bond acceptors (Lipinski definition) is 3. The Balaban J connectivity index is 0.000000490. The number of nitrogens with two attached hydrogens (primary N) is 1. The number of aromatic nitrogens is 1. The molecule has 46 valence electrons. The summed E-state index contributed by atoms with van der Waals surface area (Å²) in [5.41, 5.74) is 8.00. The van der Waals surface area contributed by atoms with Gasteiger partial charge in [-0.15, -0.1) is 23.7 Å². The summed E-state index contributed by atoms with van der Waals surface area (Å²) in [7, 11) is 0. The van der Waals surface area contributed by atoms with Crippen molar-refractivity contribution >= 4 is 23.7 Å². The molecule has 0 atom stereocenters. The van der Waals surface area contributed by atoms with E-state index in [0.29, 0.717) is 6.54 Å². The van der Waals surface area contributed by atoms with Crippen molar-refractivity contribution in [3.63, 3.8) is 0 Å². The normalized spacial score (nSPS) is 8.12. The first kappa shape index (κ1) is 7.88. The summed E-state index contributed by atoms with van der Waals surface area (Å²) in [6.45, 7) is 0.559. The summed E-state index contributed by atoms with van der Waals surface area (Å²) in [4.78, 5) is 3.93. The van der Waals surface area contributed by atoms with Crippen LogP contribution in [0.5, 0.6) is 0 Å². The summed E-state index contributed by atoms with van der Waals surface area (Å²) < 4.78 is 0. The van der Waals surface area contributed by atoms with Gasteiger partial charge < -0.3 is 5.73 Å². The molecular weight excluding hydrogens is 144 g/mol. The third-order valence-corrected chi connectivity index (χ3v) is 1.33. The molecular formula is C4H7ClN2S. The molecule has 0 radical (unpaired) electrons. The molecule has 0 unspecified atom stereocenters. The Kier molecular flexibility index (Phi) is 3.77. The average Bonchev–Trinajstić information content (AvgIpc) is 2.14. The van der Waals surface area contributed by atoms with Crippen molar-refractivity contribution in [2.75, 3.05) is 0 Å². The third kappa shape index (κ3) is 1.78. The first-order chi connectivity index (χ1) is 3.43. The highest BCUT2D eigenvalue weighted by Gasteiger charge is 1.84. The zero-order valence-electron chi connectivity index (χ0n) is 4.20. The molecule has 1 rings (SSSR count). The predicted octanol–water partition coefficient (Wildman–Crippen LogP) is 1.02. The van der Waals surface area contributed by atoms with Gasteiger partial charge in [-0.1, -0.05) is 0 Å². The highest BCUT2D eigenvalue weighted by Crippen LogP contribution is 1.97. The predicted molar refractivity (Wildman–Crippen MR) is 37.3 cm³/mol. The lowest BCUT2D eigenvalue weighted by Crippen LogP contribution is -1.94. The largest absolute Gasteiger partial charge is 0.325 e. The van der Waals surface area contributed by atoms with Gasteiger partial charge in [-0.25, -0.2) is 4.98 Å². The summed E-state index contributed by atoms with van der Waals surface area (Å²) >= 11 is 1.57. The Morgan fingerprint density at radius 2 is 2.50 bits per heavy atom. The number of halogens is 1. The first-order valence-corrected chi connectivity index (χ1v) is 2.95. The maximum atomic E-state index is 5.24. The van der Waals surface area contributed by atoms with E-state index in [-0.39, 0.29) is 12.4 Å². The molecule has 1 heterocycles. The highest BCUT2D eigenvalue weighted by atomic mass is 35.5. The Morgan fingerprint density at radius 3 is 2.75 bits per heavy atom. The van der Waals surface area contributed by atoms with Gasteiger partial charge in [0, 0.05) is 11.9 Å². The van der Waals surface area contributed by atoms with E-state index in [9.17, 15) is 0 Å². The fourth-order valence-corrected chi connectivity index (χ4v) is 0.910. The molecule has 4 heteroatoms. The van der Waals surface area contributed by atoms with Gasteiger partial charge in [0.2, 0.25) is 0 Å². The minimum Gasteiger partial charge on any atom is -0.325 e. The van der Waals surface area contributed by atoms with E-state index in [2.05, 4.69) is 4.98 Å². The van der Waals surface area contributed by atoms with Crippen molar-refractivity contribution in [1.82, 2.24) is 4.98 Å². The fourth-order valence-electron chi connectivity index (χ4n) is 0.338. The minimum absolute atomic E-state index is 0. The van der Waals surface area contributed by atoms with E-state index in [1.54, 1.807) is 16.8 Å². The molecule has 0 aliphatic rings. The van der Waals surface area contributed by atoms with Crippen LogP contribution in [0.3, 0.4) is 0 Å². The Bertz CT molecular complexity index is 129. The molecule has 0 spiro atoms. The van der Waals surface area contributed by atoms with Crippen molar-refractivity contribution in [3.8, 4) is 0 Å². The molecule has 0 aliphatic heterocycles. The number of nitrogens with zero attached hydrogens (tertiary/aromatic N) is 1. The molecule has 8 heavy (non-hydrogen) atoms. The molecule has 0 fully saturated rings. The van der Waals surface area contributed by atoms with Crippen LogP contribution in [-0.4, -0.2) is 4.98 Å². The molecule has 1 aromatic rings. The van der Waals surface area contributed by atoms with Gasteiger partial charge in [0.1, 0.15) is 0 Å². The average molecular weight is 151 g/mol. The van der Waals surface area contributed by atoms with Gasteiger partial charge in [-0.2, -0.15) is 0 Å². The van der Waals surface area contributed by atoms with Gasteiger partial charge in [0.05, 0.1) is 11.2 Å². The summed E-state index contributed by atoms with van der Waals surface area (Å²) in [6.07, 6.45) is 0. The second-order valence-corrected chi connectivity index (χ2v) is 1.90. The summed E-state index contributed by atoms with van der Waals surface area (Å²) in [6, 6.07) is 0. The molecule has 1 aromatic heterocycles. The van der Waals surface area contributed by atoms with E-state index in [0.717, 1.165) is 5.69 Å². The lowest BCUT2D eigenvalue weighted by atomic mass is 10.5. The van der Waals surface area contributed by atoms with Crippen molar-refractivity contribution in [3.05, 3.63) is 16.6 Å². The van der Waals surface area contributed by atoms with E-state index >= 15 is 0 Å². The van der Waals surface area contributed by atoms with Crippen LogP contribution in [-0.2, 0) is 6.54 Å². The molecule has 0 aliphatic carbocycles. The number of hydrogen-bond donors (Lipinski definition) is 1. The number of thiazole rings is 1. The van der Waals surface area contributed by atoms with Crippen LogP contribution in [0.4, 0.5) is 0 Å². The molecule has 0 amide bonds. The smallest absolute Gasteiger partial charge is 0.0795 e. The first-order valence-electron chi connectivity index (χ1n) is 2.00. The van der Waals surface area contributed by atoms with E-state index in [1.165, 1.54) is 0 Å². The van der Waals surface area contributed by atoms with Crippen LogP contribution in [0.1, 0.15) is 5.69 Å². The maximum absolute atomic E-state index is 5.24. The third-order valence-electron chi connectivity index (χ3n) is 0.693. The van der Waals surface area contributed by atoms with Gasteiger partial charge in [0.15, 0.2) is 0 Å². The van der Waals surface area contributed by atoms with Crippen molar-refractivity contribution in [2.45, 2.75) is 6.54 Å². The molecule has 0 saturated heterocycles. The molecule has 0 saturated carbocycles. The quantitative estimate of drug-likeness (QED) is 0.650. The van der Waals surface area contributed by atoms with Crippen LogP contribution in [0.25, 0.3) is 0 Å². The zero-order valence-corrected chi connectivity index (χ0v) is 5.84. The second kappa shape index (κ2) is 3.83. The molecule has 2 N–H and O–H groups in total. The summed E-state index contributed by atoms with van der Waals surface area (Å²) in [5, 5.41) is 1.94. The lowest BCUT2D eigenvalue weighted by Gasteiger charge is -1.78. The maximum Gasteiger partial charge on any atom is 0.0795 e. The van der Waals surface area contributed by atoms with Crippen molar-refractivity contribution in [2.24, 2.45) is 5.73 Å². The fraction of sp³-hybridized carbons (Fsp3) is 0.250. The van der Waals surface area contributed by atoms with Gasteiger partial charge in [-0.3, -0.25) is 0 Å². The van der Waals surface area contributed by atoms with Crippen LogP contribution < -0.4 is 5.73 Å². The van der Waals surface area contributed by atoms with Crippen LogP contribution >= 0.6 is 23.7 Å². The number of rotatable bonds is 1. The van der Waals surface area contributed by atoms with Crippen molar-refractivity contribution in [1.29, 1.82) is 0 Å². The topological polar surface area (TPSA) is 38.9 Å². The van der Waals surface area contributed by atoms with Gasteiger partial charge in [0.25, 0.3) is 0 Å². The highest BCUT2D eigenvalue weighted by molar-refractivity contribution is 7.07. The second-order valence-electron chi connectivity index (χ2n) is 1.18. The molecule has 0 aromatic carbocycles. The Hall–Kier alpha value is -0.120.